The zero-order chi connectivity index (χ0) is 19.7. The van der Waals surface area contributed by atoms with E-state index >= 15 is 0 Å². The number of aryl methyl sites for hydroxylation is 1. The fraction of sp³-hybridized carbons (Fsp3) is 0.591. The van der Waals surface area contributed by atoms with Crippen LogP contribution in [-0.2, 0) is 16.0 Å². The molecule has 6 heteroatoms. The molecule has 2 aliphatic carbocycles. The van der Waals surface area contributed by atoms with Crippen LogP contribution >= 0.6 is 0 Å². The molecule has 1 atom stereocenters. The predicted molar refractivity (Wildman–Crippen MR) is 106 cm³/mol. The first kappa shape index (κ1) is 19.0. The van der Waals surface area contributed by atoms with Gasteiger partial charge in [0, 0.05) is 20.0 Å². The summed E-state index contributed by atoms with van der Waals surface area (Å²) in [5.74, 6) is -0.164. The molecule has 1 aliphatic heterocycles. The van der Waals surface area contributed by atoms with Gasteiger partial charge in [-0.2, -0.15) is 0 Å². The number of carbonyl (C=O) groups is 3. The van der Waals surface area contributed by atoms with E-state index < -0.39 is 5.54 Å². The second kappa shape index (κ2) is 7.57. The molecule has 1 saturated heterocycles. The van der Waals surface area contributed by atoms with Crippen LogP contribution < -0.4 is 5.32 Å². The minimum Gasteiger partial charge on any atom is -0.339 e. The molecule has 0 radical (unpaired) electrons. The average Bonchev–Trinajstić information content (AvgIpc) is 2.94. The molecule has 28 heavy (non-hydrogen) atoms. The Morgan fingerprint density at radius 3 is 2.71 bits per heavy atom. The number of nitrogens with zero attached hydrogens (tertiary/aromatic N) is 2. The second-order valence-corrected chi connectivity index (χ2v) is 8.39. The van der Waals surface area contributed by atoms with Crippen molar-refractivity contribution in [2.75, 3.05) is 13.6 Å². The van der Waals surface area contributed by atoms with Gasteiger partial charge in [-0.05, 0) is 43.2 Å². The number of carbonyl (C=O) groups excluding carboxylic acids is 3. The van der Waals surface area contributed by atoms with Crippen LogP contribution in [0.5, 0.6) is 0 Å². The molecule has 1 saturated carbocycles. The van der Waals surface area contributed by atoms with Crippen LogP contribution in [0.2, 0.25) is 0 Å². The summed E-state index contributed by atoms with van der Waals surface area (Å²) in [6, 6.07) is 8.04. The molecule has 1 aromatic rings. The van der Waals surface area contributed by atoms with Gasteiger partial charge in [-0.3, -0.25) is 14.5 Å². The molecule has 1 spiro atoms. The lowest BCUT2D eigenvalue weighted by molar-refractivity contribution is -0.135. The van der Waals surface area contributed by atoms with Crippen molar-refractivity contribution < 1.29 is 14.4 Å². The SMILES string of the molecule is CN(C(=O)CCN1C(=O)NC2(CCCCC2)C1=O)C1CCCc2ccccc21. The van der Waals surface area contributed by atoms with Gasteiger partial charge >= 0.3 is 6.03 Å². The summed E-state index contributed by atoms with van der Waals surface area (Å²) in [5.41, 5.74) is 1.82. The quantitative estimate of drug-likeness (QED) is 0.812. The van der Waals surface area contributed by atoms with E-state index in [9.17, 15) is 14.4 Å². The third-order valence-corrected chi connectivity index (χ3v) is 6.70. The third-order valence-electron chi connectivity index (χ3n) is 6.70. The first-order valence-electron chi connectivity index (χ1n) is 10.5. The van der Waals surface area contributed by atoms with Crippen LogP contribution in [0.3, 0.4) is 0 Å². The van der Waals surface area contributed by atoms with Gasteiger partial charge in [0.1, 0.15) is 5.54 Å². The number of imide groups is 1. The Bertz CT molecular complexity index is 785. The number of amides is 4. The van der Waals surface area contributed by atoms with Crippen molar-refractivity contribution in [2.45, 2.75) is 69.4 Å². The van der Waals surface area contributed by atoms with Crippen LogP contribution in [0.4, 0.5) is 4.79 Å². The van der Waals surface area contributed by atoms with E-state index in [0.717, 1.165) is 38.5 Å². The van der Waals surface area contributed by atoms with E-state index in [2.05, 4.69) is 17.4 Å². The molecule has 150 valence electrons. The Kier molecular flexibility index (Phi) is 5.13. The number of urea groups is 1. The third kappa shape index (κ3) is 3.29. The van der Waals surface area contributed by atoms with E-state index in [4.69, 9.17) is 0 Å². The average molecular weight is 383 g/mol. The summed E-state index contributed by atoms with van der Waals surface area (Å²) in [7, 11) is 1.84. The lowest BCUT2D eigenvalue weighted by Crippen LogP contribution is -2.48. The highest BCUT2D eigenvalue weighted by Gasteiger charge is 2.51. The topological polar surface area (TPSA) is 69.7 Å². The molecule has 0 bridgehead atoms. The maximum Gasteiger partial charge on any atom is 0.325 e. The fourth-order valence-corrected chi connectivity index (χ4v) is 5.06. The fourth-order valence-electron chi connectivity index (χ4n) is 5.06. The Hall–Kier alpha value is -2.37. The predicted octanol–water partition coefficient (Wildman–Crippen LogP) is 3.17. The van der Waals surface area contributed by atoms with Crippen LogP contribution in [0.15, 0.2) is 24.3 Å². The molecule has 4 rings (SSSR count). The summed E-state index contributed by atoms with van der Waals surface area (Å²) >= 11 is 0. The van der Waals surface area contributed by atoms with E-state index in [1.165, 1.54) is 16.0 Å². The van der Waals surface area contributed by atoms with Gasteiger partial charge in [-0.25, -0.2) is 4.79 Å². The number of nitrogens with one attached hydrogen (secondary N) is 1. The molecule has 1 N–H and O–H groups in total. The minimum absolute atomic E-state index is 0.0214. The molecule has 4 amide bonds. The van der Waals surface area contributed by atoms with Gasteiger partial charge in [-0.1, -0.05) is 43.5 Å². The van der Waals surface area contributed by atoms with Gasteiger partial charge < -0.3 is 10.2 Å². The smallest absolute Gasteiger partial charge is 0.325 e. The van der Waals surface area contributed by atoms with Gasteiger partial charge in [0.05, 0.1) is 6.04 Å². The van der Waals surface area contributed by atoms with Crippen molar-refractivity contribution in [3.8, 4) is 0 Å². The zero-order valence-corrected chi connectivity index (χ0v) is 16.6. The number of hydrogen-bond donors (Lipinski definition) is 1. The summed E-state index contributed by atoms with van der Waals surface area (Å²) in [6.45, 7) is 0.157. The van der Waals surface area contributed by atoms with Gasteiger partial charge in [0.25, 0.3) is 5.91 Å². The molecular formula is C22H29N3O3. The summed E-state index contributed by atoms with van der Waals surface area (Å²) in [4.78, 5) is 41.1. The standard InChI is InChI=1S/C22H29N3O3/c1-24(18-11-7-9-16-8-3-4-10-17(16)18)19(26)12-15-25-20(27)22(23-21(25)28)13-5-2-6-14-22/h3-4,8,10,18H,2,5-7,9,11-15H2,1H3,(H,23,28). The van der Waals surface area contributed by atoms with Crippen LogP contribution in [0.1, 0.15) is 68.5 Å². The van der Waals surface area contributed by atoms with Gasteiger partial charge in [0.15, 0.2) is 0 Å². The zero-order valence-electron chi connectivity index (χ0n) is 16.6. The van der Waals surface area contributed by atoms with Crippen LogP contribution in [-0.4, -0.2) is 46.8 Å². The first-order chi connectivity index (χ1) is 13.5. The maximum atomic E-state index is 12.9. The molecule has 1 heterocycles. The van der Waals surface area contributed by atoms with Crippen LogP contribution in [0, 0.1) is 0 Å². The Balaban J connectivity index is 1.39. The number of rotatable bonds is 4. The van der Waals surface area contributed by atoms with Crippen molar-refractivity contribution in [2.24, 2.45) is 0 Å². The van der Waals surface area contributed by atoms with Crippen LogP contribution in [0.25, 0.3) is 0 Å². The highest BCUT2D eigenvalue weighted by Crippen LogP contribution is 2.35. The highest BCUT2D eigenvalue weighted by molar-refractivity contribution is 6.07. The Morgan fingerprint density at radius 2 is 1.93 bits per heavy atom. The van der Waals surface area contributed by atoms with E-state index in [0.29, 0.717) is 12.8 Å². The molecule has 3 aliphatic rings. The summed E-state index contributed by atoms with van der Waals surface area (Å²) < 4.78 is 0. The Morgan fingerprint density at radius 1 is 1.18 bits per heavy atom. The molecule has 0 aromatic heterocycles. The molecule has 1 aromatic carbocycles. The number of hydrogen-bond acceptors (Lipinski definition) is 3. The van der Waals surface area contributed by atoms with E-state index in [-0.39, 0.29) is 36.9 Å². The number of benzene rings is 1. The number of fused-ring (bicyclic) bond motifs is 1. The highest BCUT2D eigenvalue weighted by atomic mass is 16.2. The van der Waals surface area contributed by atoms with Crippen molar-refractivity contribution in [1.29, 1.82) is 0 Å². The molecule has 6 nitrogen and oxygen atoms in total. The monoisotopic (exact) mass is 383 g/mol. The van der Waals surface area contributed by atoms with Crippen molar-refractivity contribution in [3.05, 3.63) is 35.4 Å². The summed E-state index contributed by atoms with van der Waals surface area (Å²) in [6.07, 6.45) is 7.69. The first-order valence-corrected chi connectivity index (χ1v) is 10.5. The Labute approximate surface area is 166 Å². The second-order valence-electron chi connectivity index (χ2n) is 8.39. The minimum atomic E-state index is -0.716. The van der Waals surface area contributed by atoms with E-state index in [1.54, 1.807) is 4.90 Å². The van der Waals surface area contributed by atoms with E-state index in [1.807, 2.05) is 19.2 Å². The summed E-state index contributed by atoms with van der Waals surface area (Å²) in [5, 5.41) is 2.91. The largest absolute Gasteiger partial charge is 0.339 e. The molecular weight excluding hydrogens is 354 g/mol. The molecule has 1 unspecified atom stereocenters. The van der Waals surface area contributed by atoms with Gasteiger partial charge in [-0.15, -0.1) is 0 Å². The van der Waals surface area contributed by atoms with Gasteiger partial charge in [0.2, 0.25) is 5.91 Å². The maximum absolute atomic E-state index is 12.9. The van der Waals surface area contributed by atoms with Crippen molar-refractivity contribution >= 4 is 17.8 Å². The van der Waals surface area contributed by atoms with Crippen molar-refractivity contribution in [1.82, 2.24) is 15.1 Å². The normalized spacial score (nSPS) is 23.5. The van der Waals surface area contributed by atoms with Crippen molar-refractivity contribution in [3.63, 3.8) is 0 Å². The molecule has 2 fully saturated rings. The lowest BCUT2D eigenvalue weighted by Gasteiger charge is -2.33. The lowest BCUT2D eigenvalue weighted by atomic mass is 9.82.